The number of amidine groups is 1. The molecule has 0 spiro atoms. The second-order valence-corrected chi connectivity index (χ2v) is 5.31. The van der Waals surface area contributed by atoms with Gasteiger partial charge in [-0.3, -0.25) is 5.41 Å². The molecule has 16 heavy (non-hydrogen) atoms. The first-order valence-electron chi connectivity index (χ1n) is 4.55. The van der Waals surface area contributed by atoms with Crippen LogP contribution in [0.15, 0.2) is 33.1 Å². The van der Waals surface area contributed by atoms with Crippen molar-refractivity contribution in [2.24, 2.45) is 5.73 Å². The van der Waals surface area contributed by atoms with Crippen LogP contribution in [-0.2, 0) is 0 Å². The zero-order chi connectivity index (χ0) is 11.5. The van der Waals surface area contributed by atoms with Gasteiger partial charge in [-0.1, -0.05) is 0 Å². The third-order valence-electron chi connectivity index (χ3n) is 1.84. The normalized spacial score (nSPS) is 10.3. The molecular formula is C10H10N4S2. The molecule has 0 aliphatic rings. The second-order valence-electron chi connectivity index (χ2n) is 3.15. The van der Waals surface area contributed by atoms with Gasteiger partial charge in [-0.25, -0.2) is 9.97 Å². The third-order valence-corrected chi connectivity index (χ3v) is 3.64. The molecule has 6 heteroatoms. The number of pyridine rings is 1. The molecule has 0 atom stereocenters. The number of nitrogens with zero attached hydrogens (tertiary/aromatic N) is 2. The number of thiazole rings is 1. The highest BCUT2D eigenvalue weighted by Gasteiger charge is 2.05. The van der Waals surface area contributed by atoms with Crippen LogP contribution < -0.4 is 5.73 Å². The summed E-state index contributed by atoms with van der Waals surface area (Å²) in [7, 11) is 0. The standard InChI is InChI=1S/C10H10N4S2/c1-6-4-7(9(11)12)5-8(14-6)16-10-13-2-3-15-10/h2-5H,1H3,(H3,11,12). The van der Waals surface area contributed by atoms with Crippen LogP contribution in [0.25, 0.3) is 0 Å². The van der Waals surface area contributed by atoms with Crippen molar-refractivity contribution in [1.82, 2.24) is 9.97 Å². The van der Waals surface area contributed by atoms with Gasteiger partial charge in [-0.2, -0.15) is 0 Å². The lowest BCUT2D eigenvalue weighted by molar-refractivity contribution is 1.05. The number of aryl methyl sites for hydroxylation is 1. The van der Waals surface area contributed by atoms with Crippen molar-refractivity contribution in [3.63, 3.8) is 0 Å². The Morgan fingerprint density at radius 3 is 2.94 bits per heavy atom. The van der Waals surface area contributed by atoms with Gasteiger partial charge >= 0.3 is 0 Å². The average molecular weight is 250 g/mol. The van der Waals surface area contributed by atoms with Crippen molar-refractivity contribution in [3.05, 3.63) is 35.0 Å². The highest BCUT2D eigenvalue weighted by Crippen LogP contribution is 2.28. The van der Waals surface area contributed by atoms with Gasteiger partial charge in [0.25, 0.3) is 0 Å². The van der Waals surface area contributed by atoms with Gasteiger partial charge in [-0.05, 0) is 30.8 Å². The number of hydrogen-bond acceptors (Lipinski definition) is 5. The molecule has 2 heterocycles. The van der Waals surface area contributed by atoms with Crippen LogP contribution in [0.5, 0.6) is 0 Å². The first-order chi connectivity index (χ1) is 7.65. The van der Waals surface area contributed by atoms with Crippen LogP contribution >= 0.6 is 23.1 Å². The van der Waals surface area contributed by atoms with Crippen molar-refractivity contribution >= 4 is 28.9 Å². The van der Waals surface area contributed by atoms with E-state index < -0.39 is 0 Å². The molecule has 0 aromatic carbocycles. The van der Waals surface area contributed by atoms with Crippen molar-refractivity contribution < 1.29 is 0 Å². The van der Waals surface area contributed by atoms with Crippen LogP contribution in [0.1, 0.15) is 11.3 Å². The number of rotatable bonds is 3. The Morgan fingerprint density at radius 1 is 1.50 bits per heavy atom. The predicted molar refractivity (Wildman–Crippen MR) is 66.2 cm³/mol. The predicted octanol–water partition coefficient (Wildman–Crippen LogP) is 2.28. The Morgan fingerprint density at radius 2 is 2.31 bits per heavy atom. The summed E-state index contributed by atoms with van der Waals surface area (Å²) in [6.07, 6.45) is 1.76. The molecule has 3 N–H and O–H groups in total. The van der Waals surface area contributed by atoms with Gasteiger partial charge in [0, 0.05) is 22.8 Å². The summed E-state index contributed by atoms with van der Waals surface area (Å²) in [4.78, 5) is 8.54. The highest BCUT2D eigenvalue weighted by atomic mass is 32.2. The van der Waals surface area contributed by atoms with E-state index in [1.807, 2.05) is 12.3 Å². The van der Waals surface area contributed by atoms with Gasteiger partial charge in [0.2, 0.25) is 0 Å². The molecule has 2 aromatic heterocycles. The van der Waals surface area contributed by atoms with Gasteiger partial charge in [-0.15, -0.1) is 11.3 Å². The van der Waals surface area contributed by atoms with E-state index in [1.54, 1.807) is 29.7 Å². The largest absolute Gasteiger partial charge is 0.384 e. The molecule has 82 valence electrons. The van der Waals surface area contributed by atoms with E-state index >= 15 is 0 Å². The summed E-state index contributed by atoms with van der Waals surface area (Å²) < 4.78 is 0.938. The fourth-order valence-electron chi connectivity index (χ4n) is 1.20. The molecule has 0 amide bonds. The van der Waals surface area contributed by atoms with E-state index in [0.717, 1.165) is 15.1 Å². The van der Waals surface area contributed by atoms with Crippen LogP contribution in [0, 0.1) is 12.3 Å². The minimum Gasteiger partial charge on any atom is -0.384 e. The van der Waals surface area contributed by atoms with Gasteiger partial charge in [0.15, 0.2) is 4.34 Å². The summed E-state index contributed by atoms with van der Waals surface area (Å²) >= 11 is 3.05. The molecule has 0 aliphatic heterocycles. The van der Waals surface area contributed by atoms with E-state index in [2.05, 4.69) is 9.97 Å². The van der Waals surface area contributed by atoms with Crippen LogP contribution in [0.4, 0.5) is 0 Å². The molecule has 2 aromatic rings. The maximum atomic E-state index is 7.41. The summed E-state index contributed by atoms with van der Waals surface area (Å²) in [6, 6.07) is 3.61. The first kappa shape index (κ1) is 11.1. The molecule has 0 saturated carbocycles. The van der Waals surface area contributed by atoms with Crippen molar-refractivity contribution in [2.75, 3.05) is 0 Å². The maximum absolute atomic E-state index is 7.41. The molecule has 0 radical (unpaired) electrons. The Hall–Kier alpha value is -1.40. The Kier molecular flexibility index (Phi) is 3.21. The highest BCUT2D eigenvalue weighted by molar-refractivity contribution is 8.01. The summed E-state index contributed by atoms with van der Waals surface area (Å²) in [5.41, 5.74) is 7.01. The van der Waals surface area contributed by atoms with Crippen molar-refractivity contribution in [3.8, 4) is 0 Å². The first-order valence-corrected chi connectivity index (χ1v) is 6.25. The monoisotopic (exact) mass is 250 g/mol. The van der Waals surface area contributed by atoms with Crippen molar-refractivity contribution in [2.45, 2.75) is 16.3 Å². The fourth-order valence-corrected chi connectivity index (χ4v) is 2.84. The van der Waals surface area contributed by atoms with E-state index in [9.17, 15) is 0 Å². The summed E-state index contributed by atoms with van der Waals surface area (Å²) in [6.45, 7) is 1.89. The zero-order valence-electron chi connectivity index (χ0n) is 8.60. The molecule has 0 aliphatic carbocycles. The second kappa shape index (κ2) is 4.63. The molecule has 0 fully saturated rings. The summed E-state index contributed by atoms with van der Waals surface area (Å²) in [5.74, 6) is 0.0616. The molecular weight excluding hydrogens is 240 g/mol. The minimum absolute atomic E-state index is 0.0616. The minimum atomic E-state index is 0.0616. The van der Waals surface area contributed by atoms with E-state index in [1.165, 1.54) is 11.8 Å². The van der Waals surface area contributed by atoms with E-state index in [4.69, 9.17) is 11.1 Å². The molecule has 0 unspecified atom stereocenters. The lowest BCUT2D eigenvalue weighted by Gasteiger charge is -2.03. The topological polar surface area (TPSA) is 75.7 Å². The molecule has 0 saturated heterocycles. The average Bonchev–Trinajstić information content (AvgIpc) is 2.69. The lowest BCUT2D eigenvalue weighted by atomic mass is 10.2. The lowest BCUT2D eigenvalue weighted by Crippen LogP contribution is -2.11. The van der Waals surface area contributed by atoms with Crippen LogP contribution in [0.2, 0.25) is 0 Å². The SMILES string of the molecule is Cc1cc(C(=N)N)cc(Sc2nccs2)n1. The molecule has 0 bridgehead atoms. The quantitative estimate of drug-likeness (QED) is 0.647. The maximum Gasteiger partial charge on any atom is 0.156 e. The molecule has 2 rings (SSSR count). The van der Waals surface area contributed by atoms with Gasteiger partial charge in [0.05, 0.1) is 0 Å². The summed E-state index contributed by atoms with van der Waals surface area (Å²) in [5, 5.41) is 10.1. The van der Waals surface area contributed by atoms with Gasteiger partial charge in [0.1, 0.15) is 10.9 Å². The Bertz CT molecular complexity index is 508. The number of hydrogen-bond donors (Lipinski definition) is 2. The van der Waals surface area contributed by atoms with Crippen LogP contribution in [-0.4, -0.2) is 15.8 Å². The third kappa shape index (κ3) is 2.59. The van der Waals surface area contributed by atoms with E-state index in [0.29, 0.717) is 5.56 Å². The number of nitrogen functional groups attached to an aromatic ring is 1. The zero-order valence-corrected chi connectivity index (χ0v) is 10.2. The Balaban J connectivity index is 2.31. The number of aromatic nitrogens is 2. The number of nitrogens with two attached hydrogens (primary N) is 1. The van der Waals surface area contributed by atoms with Crippen molar-refractivity contribution in [1.29, 1.82) is 5.41 Å². The smallest absolute Gasteiger partial charge is 0.156 e. The van der Waals surface area contributed by atoms with E-state index in [-0.39, 0.29) is 5.84 Å². The van der Waals surface area contributed by atoms with Gasteiger partial charge < -0.3 is 5.73 Å². The van der Waals surface area contributed by atoms with Crippen LogP contribution in [0.3, 0.4) is 0 Å². The molecule has 4 nitrogen and oxygen atoms in total. The number of nitrogens with one attached hydrogen (secondary N) is 1. The Labute approximate surface area is 101 Å². The fraction of sp³-hybridized carbons (Fsp3) is 0.100.